The number of nitrogens with zero attached hydrogens (tertiary/aromatic N) is 2. The predicted molar refractivity (Wildman–Crippen MR) is 118 cm³/mol. The quantitative estimate of drug-likeness (QED) is 0.448. The van der Waals surface area contributed by atoms with Gasteiger partial charge in [-0.25, -0.2) is 0 Å². The maximum Gasteiger partial charge on any atom is 0.323 e. The summed E-state index contributed by atoms with van der Waals surface area (Å²) < 4.78 is 5.21. The Morgan fingerprint density at radius 3 is 2.20 bits per heavy atom. The maximum atomic E-state index is 12.9. The standard InChI is InChI=1S/C25H25N3O2/c1-30-25(29)24(15-22-14-21-12-13-26-16-23(21)27-22)28(17-19-8-4-2-5-9-19)18-20-10-6-3-7-11-20/h2-14,16,24,27H,15,17-18H2,1H3/t24-/m0/s1. The Morgan fingerprint density at radius 1 is 1.00 bits per heavy atom. The number of carbonyl (C=O) groups excluding carboxylic acids is 1. The van der Waals surface area contributed by atoms with Gasteiger partial charge in [0.05, 0.1) is 18.8 Å². The molecular formula is C25H25N3O2. The van der Waals surface area contributed by atoms with Gasteiger partial charge in [0, 0.05) is 36.8 Å². The van der Waals surface area contributed by atoms with Crippen molar-refractivity contribution in [3.05, 3.63) is 102 Å². The third kappa shape index (κ3) is 4.75. The van der Waals surface area contributed by atoms with Crippen molar-refractivity contribution in [1.82, 2.24) is 14.9 Å². The first-order valence-corrected chi connectivity index (χ1v) is 10.0. The Morgan fingerprint density at radius 2 is 1.63 bits per heavy atom. The lowest BCUT2D eigenvalue weighted by Gasteiger charge is -2.30. The Hall–Kier alpha value is -3.44. The lowest BCUT2D eigenvalue weighted by Crippen LogP contribution is -2.42. The molecule has 4 rings (SSSR count). The van der Waals surface area contributed by atoms with Crippen molar-refractivity contribution in [3.63, 3.8) is 0 Å². The van der Waals surface area contributed by atoms with Gasteiger partial charge >= 0.3 is 5.97 Å². The van der Waals surface area contributed by atoms with Gasteiger partial charge in [-0.2, -0.15) is 0 Å². The van der Waals surface area contributed by atoms with E-state index in [2.05, 4.69) is 45.2 Å². The Labute approximate surface area is 176 Å². The van der Waals surface area contributed by atoms with Crippen LogP contribution in [-0.2, 0) is 29.0 Å². The van der Waals surface area contributed by atoms with Gasteiger partial charge in [-0.1, -0.05) is 60.7 Å². The van der Waals surface area contributed by atoms with Crippen molar-refractivity contribution in [2.75, 3.05) is 7.11 Å². The van der Waals surface area contributed by atoms with Crippen molar-refractivity contribution in [1.29, 1.82) is 0 Å². The van der Waals surface area contributed by atoms with Crippen LogP contribution in [0.4, 0.5) is 0 Å². The van der Waals surface area contributed by atoms with Crippen LogP contribution < -0.4 is 0 Å². The van der Waals surface area contributed by atoms with Crippen LogP contribution in [0.15, 0.2) is 85.2 Å². The molecule has 0 spiro atoms. The summed E-state index contributed by atoms with van der Waals surface area (Å²) in [7, 11) is 1.45. The number of pyridine rings is 1. The summed E-state index contributed by atoms with van der Waals surface area (Å²) in [4.78, 5) is 22.6. The summed E-state index contributed by atoms with van der Waals surface area (Å²) >= 11 is 0. The molecule has 4 aromatic rings. The van der Waals surface area contributed by atoms with Crippen LogP contribution in [0.1, 0.15) is 16.8 Å². The van der Waals surface area contributed by atoms with E-state index in [1.165, 1.54) is 7.11 Å². The van der Waals surface area contributed by atoms with E-state index in [-0.39, 0.29) is 5.97 Å². The van der Waals surface area contributed by atoms with Crippen molar-refractivity contribution in [3.8, 4) is 0 Å². The largest absolute Gasteiger partial charge is 0.468 e. The molecule has 0 saturated heterocycles. The van der Waals surface area contributed by atoms with Gasteiger partial charge in [0.2, 0.25) is 0 Å². The van der Waals surface area contributed by atoms with Gasteiger partial charge in [-0.3, -0.25) is 14.7 Å². The zero-order chi connectivity index (χ0) is 20.8. The third-order valence-electron chi connectivity index (χ3n) is 5.26. The topological polar surface area (TPSA) is 58.2 Å². The van der Waals surface area contributed by atoms with Crippen LogP contribution in [0.5, 0.6) is 0 Å². The molecule has 5 heteroatoms. The summed E-state index contributed by atoms with van der Waals surface area (Å²) in [6, 6.07) is 24.1. The van der Waals surface area contributed by atoms with Crippen LogP contribution in [0.2, 0.25) is 0 Å². The van der Waals surface area contributed by atoms with E-state index in [0.717, 1.165) is 27.7 Å². The minimum Gasteiger partial charge on any atom is -0.468 e. The highest BCUT2D eigenvalue weighted by atomic mass is 16.5. The predicted octanol–water partition coefficient (Wildman–Crippen LogP) is 4.35. The number of hydrogen-bond acceptors (Lipinski definition) is 4. The Balaban J connectivity index is 1.65. The minimum atomic E-state index is -0.420. The van der Waals surface area contributed by atoms with Crippen molar-refractivity contribution < 1.29 is 9.53 Å². The number of hydrogen-bond donors (Lipinski definition) is 1. The molecular weight excluding hydrogens is 374 g/mol. The molecule has 0 radical (unpaired) electrons. The number of fused-ring (bicyclic) bond motifs is 1. The highest BCUT2D eigenvalue weighted by molar-refractivity contribution is 5.80. The van der Waals surface area contributed by atoms with E-state index in [4.69, 9.17) is 4.74 Å². The molecule has 2 aromatic carbocycles. The molecule has 5 nitrogen and oxygen atoms in total. The molecule has 0 saturated carbocycles. The molecule has 0 bridgehead atoms. The number of aromatic amines is 1. The first kappa shape index (κ1) is 19.9. The van der Waals surface area contributed by atoms with Crippen LogP contribution in [0.25, 0.3) is 10.9 Å². The number of carbonyl (C=O) groups is 1. The van der Waals surface area contributed by atoms with E-state index < -0.39 is 6.04 Å². The second-order valence-corrected chi connectivity index (χ2v) is 7.38. The second-order valence-electron chi connectivity index (χ2n) is 7.38. The first-order chi connectivity index (χ1) is 14.7. The zero-order valence-electron chi connectivity index (χ0n) is 17.0. The van der Waals surface area contributed by atoms with Crippen LogP contribution >= 0.6 is 0 Å². The zero-order valence-corrected chi connectivity index (χ0v) is 17.0. The van der Waals surface area contributed by atoms with Gasteiger partial charge in [0.25, 0.3) is 0 Å². The van der Waals surface area contributed by atoms with Crippen molar-refractivity contribution in [2.24, 2.45) is 0 Å². The number of nitrogens with one attached hydrogen (secondary N) is 1. The fourth-order valence-electron chi connectivity index (χ4n) is 3.76. The summed E-state index contributed by atoms with van der Waals surface area (Å²) in [6.07, 6.45) is 4.10. The molecule has 0 unspecified atom stereocenters. The molecule has 1 atom stereocenters. The molecule has 0 fully saturated rings. The van der Waals surface area contributed by atoms with Crippen LogP contribution in [-0.4, -0.2) is 34.0 Å². The van der Waals surface area contributed by atoms with Gasteiger partial charge in [0.15, 0.2) is 0 Å². The van der Waals surface area contributed by atoms with Gasteiger partial charge in [-0.05, 0) is 23.3 Å². The molecule has 0 amide bonds. The smallest absolute Gasteiger partial charge is 0.323 e. The summed E-state index contributed by atoms with van der Waals surface area (Å²) in [5.74, 6) is -0.237. The average molecular weight is 399 g/mol. The summed E-state index contributed by atoms with van der Waals surface area (Å²) in [6.45, 7) is 1.30. The first-order valence-electron chi connectivity index (χ1n) is 10.0. The molecule has 0 aliphatic rings. The van der Waals surface area contributed by atoms with Crippen LogP contribution in [0.3, 0.4) is 0 Å². The number of rotatable bonds is 8. The number of esters is 1. The molecule has 0 aliphatic heterocycles. The number of ether oxygens (including phenoxy) is 1. The fourth-order valence-corrected chi connectivity index (χ4v) is 3.76. The molecule has 2 aromatic heterocycles. The molecule has 30 heavy (non-hydrogen) atoms. The van der Waals surface area contributed by atoms with E-state index in [0.29, 0.717) is 19.5 Å². The summed E-state index contributed by atoms with van der Waals surface area (Å²) in [5.41, 5.74) is 4.26. The fraction of sp³-hybridized carbons (Fsp3) is 0.200. The molecule has 152 valence electrons. The van der Waals surface area contributed by atoms with Crippen molar-refractivity contribution >= 4 is 16.9 Å². The monoisotopic (exact) mass is 399 g/mol. The van der Waals surface area contributed by atoms with E-state index in [1.54, 1.807) is 12.4 Å². The number of H-pyrrole nitrogens is 1. The number of benzene rings is 2. The highest BCUT2D eigenvalue weighted by Crippen LogP contribution is 2.20. The van der Waals surface area contributed by atoms with Gasteiger partial charge < -0.3 is 9.72 Å². The second kappa shape index (κ2) is 9.37. The summed E-state index contributed by atoms with van der Waals surface area (Å²) in [5, 5.41) is 1.08. The Bertz CT molecular complexity index is 1020. The molecule has 1 N–H and O–H groups in total. The SMILES string of the molecule is COC(=O)[C@H](Cc1cc2ccncc2[nH]1)N(Cc1ccccc1)Cc1ccccc1. The van der Waals surface area contributed by atoms with E-state index >= 15 is 0 Å². The van der Waals surface area contributed by atoms with E-state index in [1.807, 2.05) is 42.5 Å². The maximum absolute atomic E-state index is 12.9. The van der Waals surface area contributed by atoms with Crippen molar-refractivity contribution in [2.45, 2.75) is 25.6 Å². The van der Waals surface area contributed by atoms with Gasteiger partial charge in [0.1, 0.15) is 6.04 Å². The lowest BCUT2D eigenvalue weighted by atomic mass is 10.1. The van der Waals surface area contributed by atoms with Gasteiger partial charge in [-0.15, -0.1) is 0 Å². The normalized spacial score (nSPS) is 12.2. The lowest BCUT2D eigenvalue weighted by molar-refractivity contribution is -0.147. The molecule has 0 aliphatic carbocycles. The Kier molecular flexibility index (Phi) is 6.20. The third-order valence-corrected chi connectivity index (χ3v) is 5.26. The molecule has 2 heterocycles. The van der Waals surface area contributed by atoms with Crippen LogP contribution in [0, 0.1) is 0 Å². The number of methoxy groups -OCH3 is 1. The minimum absolute atomic E-state index is 0.237. The highest BCUT2D eigenvalue weighted by Gasteiger charge is 2.28. The average Bonchev–Trinajstić information content (AvgIpc) is 3.21. The number of aromatic nitrogens is 2. The van der Waals surface area contributed by atoms with E-state index in [9.17, 15) is 4.79 Å².